The molecule has 0 unspecified atom stereocenters. The van der Waals surface area contributed by atoms with Crippen molar-refractivity contribution >= 4 is 16.8 Å². The molecule has 6 heteroatoms. The van der Waals surface area contributed by atoms with Crippen molar-refractivity contribution in [1.29, 1.82) is 5.26 Å². The predicted octanol–water partition coefficient (Wildman–Crippen LogP) is 3.43. The number of para-hydroxylation sites is 1. The molecule has 0 spiro atoms. The molecule has 0 aliphatic rings. The van der Waals surface area contributed by atoms with Gasteiger partial charge in [-0.15, -0.1) is 0 Å². The first-order valence-electron chi connectivity index (χ1n) is 8.76. The average Bonchev–Trinajstić information content (AvgIpc) is 3.04. The molecule has 0 saturated heterocycles. The second kappa shape index (κ2) is 7.79. The Bertz CT molecular complexity index is 984. The summed E-state index contributed by atoms with van der Waals surface area (Å²) in [5.74, 6) is -0.199. The van der Waals surface area contributed by atoms with Gasteiger partial charge in [0.1, 0.15) is 17.5 Å². The monoisotopic (exact) mass is 347 g/mol. The van der Waals surface area contributed by atoms with Crippen LogP contribution in [0.3, 0.4) is 0 Å². The van der Waals surface area contributed by atoms with E-state index in [0.29, 0.717) is 23.5 Å². The Labute approximate surface area is 152 Å². The molecule has 132 valence electrons. The number of carbonyl (C=O) groups is 1. The predicted molar refractivity (Wildman–Crippen MR) is 101 cm³/mol. The van der Waals surface area contributed by atoms with Crippen molar-refractivity contribution < 1.29 is 4.79 Å². The number of pyridine rings is 1. The highest BCUT2D eigenvalue weighted by molar-refractivity contribution is 6.01. The number of nitrogens with one attached hydrogen (secondary N) is 1. The molecule has 0 aliphatic heterocycles. The van der Waals surface area contributed by atoms with E-state index in [-0.39, 0.29) is 5.91 Å². The summed E-state index contributed by atoms with van der Waals surface area (Å²) >= 11 is 0. The van der Waals surface area contributed by atoms with Gasteiger partial charge in [0.2, 0.25) is 0 Å². The maximum absolute atomic E-state index is 12.5. The number of unbranched alkanes of at least 4 members (excludes halogenated alkanes) is 2. The molecule has 0 bridgehead atoms. The third-order valence-corrected chi connectivity index (χ3v) is 4.35. The molecule has 0 saturated carbocycles. The normalized spacial score (nSPS) is 10.7. The van der Waals surface area contributed by atoms with Gasteiger partial charge in [0, 0.05) is 24.5 Å². The first-order chi connectivity index (χ1) is 12.7. The van der Waals surface area contributed by atoms with Crippen molar-refractivity contribution in [3.05, 3.63) is 47.9 Å². The molecule has 0 radical (unpaired) electrons. The van der Waals surface area contributed by atoms with Crippen molar-refractivity contribution in [3.8, 4) is 17.2 Å². The highest BCUT2D eigenvalue weighted by Gasteiger charge is 2.17. The third kappa shape index (κ3) is 3.42. The molecule has 26 heavy (non-hydrogen) atoms. The highest BCUT2D eigenvalue weighted by Crippen LogP contribution is 2.30. The molecule has 1 aromatic carbocycles. The van der Waals surface area contributed by atoms with E-state index in [0.717, 1.165) is 35.7 Å². The lowest BCUT2D eigenvalue weighted by Gasteiger charge is -2.10. The van der Waals surface area contributed by atoms with Crippen LogP contribution >= 0.6 is 0 Å². The number of aryl methyl sites for hydroxylation is 1. The SMILES string of the molecule is CCCCCNC(=O)c1cc(-c2cnn(C)c2C#N)c2ccccc2n1. The molecular formula is C20H21N5O. The second-order valence-electron chi connectivity index (χ2n) is 6.18. The number of amides is 1. The number of hydrogen-bond acceptors (Lipinski definition) is 4. The minimum atomic E-state index is -0.199. The van der Waals surface area contributed by atoms with Crippen LogP contribution in [-0.4, -0.2) is 27.2 Å². The summed E-state index contributed by atoms with van der Waals surface area (Å²) in [6.07, 6.45) is 4.79. The van der Waals surface area contributed by atoms with E-state index in [9.17, 15) is 10.1 Å². The minimum Gasteiger partial charge on any atom is -0.351 e. The van der Waals surface area contributed by atoms with Crippen LogP contribution in [0.25, 0.3) is 22.0 Å². The topological polar surface area (TPSA) is 83.6 Å². The molecule has 2 heterocycles. The number of benzene rings is 1. The van der Waals surface area contributed by atoms with E-state index in [4.69, 9.17) is 0 Å². The zero-order valence-corrected chi connectivity index (χ0v) is 15.0. The molecule has 0 atom stereocenters. The Balaban J connectivity index is 2.05. The molecule has 2 aromatic heterocycles. The van der Waals surface area contributed by atoms with Gasteiger partial charge in [-0.1, -0.05) is 38.0 Å². The largest absolute Gasteiger partial charge is 0.351 e. The summed E-state index contributed by atoms with van der Waals surface area (Å²) in [6, 6.07) is 11.5. The van der Waals surface area contributed by atoms with Crippen LogP contribution in [0.2, 0.25) is 0 Å². The van der Waals surface area contributed by atoms with Crippen LogP contribution in [0.15, 0.2) is 36.5 Å². The Kier molecular flexibility index (Phi) is 5.28. The quantitative estimate of drug-likeness (QED) is 0.693. The number of hydrogen-bond donors (Lipinski definition) is 1. The number of carbonyl (C=O) groups excluding carboxylic acids is 1. The number of nitriles is 1. The van der Waals surface area contributed by atoms with Gasteiger partial charge in [0.25, 0.3) is 5.91 Å². The van der Waals surface area contributed by atoms with Gasteiger partial charge in [-0.05, 0) is 24.1 Å². The number of nitrogens with zero attached hydrogens (tertiary/aromatic N) is 4. The van der Waals surface area contributed by atoms with Gasteiger partial charge in [-0.3, -0.25) is 9.48 Å². The zero-order chi connectivity index (χ0) is 18.5. The van der Waals surface area contributed by atoms with E-state index >= 15 is 0 Å². The lowest BCUT2D eigenvalue weighted by molar-refractivity contribution is 0.0948. The van der Waals surface area contributed by atoms with Gasteiger partial charge < -0.3 is 5.32 Å². The van der Waals surface area contributed by atoms with Gasteiger partial charge in [-0.2, -0.15) is 10.4 Å². The van der Waals surface area contributed by atoms with Gasteiger partial charge in [0.05, 0.1) is 11.7 Å². The molecular weight excluding hydrogens is 326 g/mol. The fourth-order valence-corrected chi connectivity index (χ4v) is 2.95. The Hall–Kier alpha value is -3.20. The molecule has 3 aromatic rings. The lowest BCUT2D eigenvalue weighted by atomic mass is 10.0. The number of aromatic nitrogens is 3. The Morgan fingerprint density at radius 3 is 2.85 bits per heavy atom. The summed E-state index contributed by atoms with van der Waals surface area (Å²) in [5.41, 5.74) is 3.02. The van der Waals surface area contributed by atoms with Crippen molar-refractivity contribution in [2.75, 3.05) is 6.54 Å². The van der Waals surface area contributed by atoms with Crippen molar-refractivity contribution in [2.24, 2.45) is 7.05 Å². The van der Waals surface area contributed by atoms with Crippen molar-refractivity contribution in [3.63, 3.8) is 0 Å². The lowest BCUT2D eigenvalue weighted by Crippen LogP contribution is -2.25. The van der Waals surface area contributed by atoms with Gasteiger partial charge in [0.15, 0.2) is 0 Å². The molecule has 1 amide bonds. The van der Waals surface area contributed by atoms with Crippen LogP contribution in [0.1, 0.15) is 42.4 Å². The minimum absolute atomic E-state index is 0.199. The molecule has 6 nitrogen and oxygen atoms in total. The van der Waals surface area contributed by atoms with Crippen molar-refractivity contribution in [2.45, 2.75) is 26.2 Å². The highest BCUT2D eigenvalue weighted by atomic mass is 16.1. The third-order valence-electron chi connectivity index (χ3n) is 4.35. The Morgan fingerprint density at radius 2 is 2.08 bits per heavy atom. The fourth-order valence-electron chi connectivity index (χ4n) is 2.95. The van der Waals surface area contributed by atoms with E-state index < -0.39 is 0 Å². The fraction of sp³-hybridized carbons (Fsp3) is 0.300. The second-order valence-corrected chi connectivity index (χ2v) is 6.18. The summed E-state index contributed by atoms with van der Waals surface area (Å²) < 4.78 is 1.54. The van der Waals surface area contributed by atoms with Crippen LogP contribution < -0.4 is 5.32 Å². The van der Waals surface area contributed by atoms with Gasteiger partial charge >= 0.3 is 0 Å². The molecule has 3 rings (SSSR count). The summed E-state index contributed by atoms with van der Waals surface area (Å²) in [7, 11) is 1.73. The first kappa shape index (κ1) is 17.6. The number of fused-ring (bicyclic) bond motifs is 1. The maximum atomic E-state index is 12.5. The van der Waals surface area contributed by atoms with Crippen molar-refractivity contribution in [1.82, 2.24) is 20.1 Å². The van der Waals surface area contributed by atoms with Gasteiger partial charge in [-0.25, -0.2) is 4.98 Å². The molecule has 0 aliphatic carbocycles. The van der Waals surface area contributed by atoms with E-state index in [2.05, 4.69) is 28.4 Å². The Morgan fingerprint density at radius 1 is 1.27 bits per heavy atom. The summed E-state index contributed by atoms with van der Waals surface area (Å²) in [5, 5.41) is 17.5. The number of rotatable bonds is 6. The van der Waals surface area contributed by atoms with E-state index in [1.165, 1.54) is 4.68 Å². The smallest absolute Gasteiger partial charge is 0.269 e. The van der Waals surface area contributed by atoms with Crippen LogP contribution in [0, 0.1) is 11.3 Å². The van der Waals surface area contributed by atoms with Crippen LogP contribution in [0.5, 0.6) is 0 Å². The van der Waals surface area contributed by atoms with Crippen LogP contribution in [-0.2, 0) is 7.05 Å². The molecule has 1 N–H and O–H groups in total. The zero-order valence-electron chi connectivity index (χ0n) is 15.0. The average molecular weight is 347 g/mol. The standard InChI is InChI=1S/C20H21N5O/c1-3-4-7-10-22-20(26)18-11-15(14-8-5-6-9-17(14)24-18)16-13-23-25(2)19(16)12-21/h5-6,8-9,11,13H,3-4,7,10H2,1-2H3,(H,22,26). The first-order valence-corrected chi connectivity index (χ1v) is 8.76. The van der Waals surface area contributed by atoms with E-state index in [1.807, 2.05) is 24.3 Å². The van der Waals surface area contributed by atoms with Crippen LogP contribution in [0.4, 0.5) is 0 Å². The summed E-state index contributed by atoms with van der Waals surface area (Å²) in [4.78, 5) is 17.0. The van der Waals surface area contributed by atoms with E-state index in [1.54, 1.807) is 19.3 Å². The summed E-state index contributed by atoms with van der Waals surface area (Å²) in [6.45, 7) is 2.76. The maximum Gasteiger partial charge on any atom is 0.269 e. The molecule has 0 fully saturated rings.